The zero-order valence-electron chi connectivity index (χ0n) is 15.1. The monoisotopic (exact) mass is 411 g/mol. The molecule has 0 amide bonds. The van der Waals surface area contributed by atoms with Crippen molar-refractivity contribution in [2.75, 3.05) is 10.6 Å². The molecule has 0 bridgehead atoms. The Balaban J connectivity index is 1.98. The molecule has 5 nitrogen and oxygen atoms in total. The van der Waals surface area contributed by atoms with Crippen molar-refractivity contribution in [1.82, 2.24) is 15.0 Å². The lowest BCUT2D eigenvalue weighted by atomic mass is 10.2. The van der Waals surface area contributed by atoms with E-state index in [0.29, 0.717) is 12.0 Å². The topological polar surface area (TPSA) is 62.7 Å². The first kappa shape index (κ1) is 18.3. The standard InChI is InChI=1S/C20H22BrN5/c1-4-14(3)23-20-25-18(15-7-9-22-10-8-15)12-19(26-20)24-17-6-5-13(2)11-16(17)21/h5-12,14H,4H2,1-3H3,(H2,23,24,25,26)/t14-/m0/s1. The zero-order valence-corrected chi connectivity index (χ0v) is 16.7. The van der Waals surface area contributed by atoms with Gasteiger partial charge < -0.3 is 10.6 Å². The second-order valence-corrected chi connectivity index (χ2v) is 7.11. The zero-order chi connectivity index (χ0) is 18.5. The first-order chi connectivity index (χ1) is 12.5. The number of aromatic nitrogens is 3. The number of anilines is 3. The van der Waals surface area contributed by atoms with E-state index in [-0.39, 0.29) is 0 Å². The summed E-state index contributed by atoms with van der Waals surface area (Å²) in [5.41, 5.74) is 4.01. The molecule has 0 unspecified atom stereocenters. The number of benzene rings is 1. The molecule has 3 aromatic rings. The smallest absolute Gasteiger partial charge is 0.225 e. The molecule has 2 aromatic heterocycles. The van der Waals surface area contributed by atoms with Crippen molar-refractivity contribution in [3.05, 3.63) is 58.8 Å². The van der Waals surface area contributed by atoms with Crippen LogP contribution in [0.4, 0.5) is 17.5 Å². The third kappa shape index (κ3) is 4.58. The molecular weight excluding hydrogens is 390 g/mol. The molecule has 0 aliphatic rings. The van der Waals surface area contributed by atoms with Gasteiger partial charge in [0.1, 0.15) is 5.82 Å². The summed E-state index contributed by atoms with van der Waals surface area (Å²) in [6, 6.07) is 12.3. The normalized spacial score (nSPS) is 11.8. The molecule has 1 atom stereocenters. The fraction of sp³-hybridized carbons (Fsp3) is 0.250. The van der Waals surface area contributed by atoms with Gasteiger partial charge in [-0.25, -0.2) is 4.98 Å². The average molecular weight is 412 g/mol. The van der Waals surface area contributed by atoms with Gasteiger partial charge in [0.2, 0.25) is 5.95 Å². The van der Waals surface area contributed by atoms with E-state index in [1.807, 2.05) is 24.3 Å². The van der Waals surface area contributed by atoms with E-state index in [9.17, 15) is 0 Å². The van der Waals surface area contributed by atoms with Crippen LogP contribution in [-0.4, -0.2) is 21.0 Å². The Labute approximate surface area is 162 Å². The Kier molecular flexibility index (Phi) is 5.83. The molecule has 3 rings (SSSR count). The highest BCUT2D eigenvalue weighted by Gasteiger charge is 2.10. The number of aryl methyl sites for hydroxylation is 1. The van der Waals surface area contributed by atoms with E-state index < -0.39 is 0 Å². The maximum Gasteiger partial charge on any atom is 0.225 e. The molecule has 1 aromatic carbocycles. The molecule has 0 saturated heterocycles. The van der Waals surface area contributed by atoms with Gasteiger partial charge in [-0.15, -0.1) is 0 Å². The molecular formula is C20H22BrN5. The van der Waals surface area contributed by atoms with Crippen LogP contribution in [-0.2, 0) is 0 Å². The number of nitrogens with zero attached hydrogens (tertiary/aromatic N) is 3. The molecule has 2 N–H and O–H groups in total. The Morgan fingerprint density at radius 1 is 1.08 bits per heavy atom. The van der Waals surface area contributed by atoms with Gasteiger partial charge in [-0.1, -0.05) is 13.0 Å². The maximum atomic E-state index is 4.67. The van der Waals surface area contributed by atoms with Crippen LogP contribution in [0.2, 0.25) is 0 Å². The van der Waals surface area contributed by atoms with Crippen LogP contribution in [0.1, 0.15) is 25.8 Å². The van der Waals surface area contributed by atoms with Crippen molar-refractivity contribution in [2.45, 2.75) is 33.2 Å². The van der Waals surface area contributed by atoms with E-state index >= 15 is 0 Å². The summed E-state index contributed by atoms with van der Waals surface area (Å²) in [6.07, 6.45) is 4.53. The number of nitrogens with one attached hydrogen (secondary N) is 2. The largest absolute Gasteiger partial charge is 0.352 e. The molecule has 0 fully saturated rings. The summed E-state index contributed by atoms with van der Waals surface area (Å²) < 4.78 is 0.998. The highest BCUT2D eigenvalue weighted by Crippen LogP contribution is 2.28. The van der Waals surface area contributed by atoms with E-state index in [1.165, 1.54) is 5.56 Å². The predicted octanol–water partition coefficient (Wildman–Crippen LogP) is 5.56. The molecule has 6 heteroatoms. The number of pyridine rings is 1. The van der Waals surface area contributed by atoms with Crippen molar-refractivity contribution in [3.63, 3.8) is 0 Å². The minimum absolute atomic E-state index is 0.293. The van der Waals surface area contributed by atoms with E-state index in [4.69, 9.17) is 0 Å². The van der Waals surface area contributed by atoms with Crippen molar-refractivity contribution in [2.24, 2.45) is 0 Å². The van der Waals surface area contributed by atoms with Crippen LogP contribution < -0.4 is 10.6 Å². The van der Waals surface area contributed by atoms with Gasteiger partial charge in [-0.2, -0.15) is 4.98 Å². The third-order valence-corrected chi connectivity index (χ3v) is 4.73. The highest BCUT2D eigenvalue weighted by atomic mass is 79.9. The summed E-state index contributed by atoms with van der Waals surface area (Å²) in [7, 11) is 0. The SMILES string of the molecule is CC[C@H](C)Nc1nc(Nc2ccc(C)cc2Br)cc(-c2ccncc2)n1. The predicted molar refractivity (Wildman–Crippen MR) is 111 cm³/mol. The quantitative estimate of drug-likeness (QED) is 0.555. The summed E-state index contributed by atoms with van der Waals surface area (Å²) >= 11 is 3.61. The van der Waals surface area contributed by atoms with E-state index in [0.717, 1.165) is 33.7 Å². The molecule has 0 aliphatic heterocycles. The van der Waals surface area contributed by atoms with Crippen molar-refractivity contribution in [3.8, 4) is 11.3 Å². The van der Waals surface area contributed by atoms with Crippen molar-refractivity contribution in [1.29, 1.82) is 0 Å². The summed E-state index contributed by atoms with van der Waals surface area (Å²) in [5, 5.41) is 6.75. The molecule has 0 saturated carbocycles. The Morgan fingerprint density at radius 2 is 1.85 bits per heavy atom. The highest BCUT2D eigenvalue weighted by molar-refractivity contribution is 9.10. The lowest BCUT2D eigenvalue weighted by Crippen LogP contribution is -2.16. The average Bonchev–Trinajstić information content (AvgIpc) is 2.64. The number of halogens is 1. The number of rotatable bonds is 6. The Hall–Kier alpha value is -2.47. The van der Waals surface area contributed by atoms with Crippen molar-refractivity contribution < 1.29 is 0 Å². The second-order valence-electron chi connectivity index (χ2n) is 6.26. The summed E-state index contributed by atoms with van der Waals surface area (Å²) in [6.45, 7) is 6.31. The van der Waals surface area contributed by atoms with Crippen LogP contribution in [0.25, 0.3) is 11.3 Å². The van der Waals surface area contributed by atoms with Crippen LogP contribution >= 0.6 is 15.9 Å². The Bertz CT molecular complexity index is 883. The summed E-state index contributed by atoms with van der Waals surface area (Å²) in [5.74, 6) is 1.35. The lowest BCUT2D eigenvalue weighted by molar-refractivity contribution is 0.753. The van der Waals surface area contributed by atoms with E-state index in [2.05, 4.69) is 74.4 Å². The number of hydrogen-bond acceptors (Lipinski definition) is 5. The lowest BCUT2D eigenvalue weighted by Gasteiger charge is -2.15. The summed E-state index contributed by atoms with van der Waals surface area (Å²) in [4.78, 5) is 13.4. The van der Waals surface area contributed by atoms with Gasteiger partial charge >= 0.3 is 0 Å². The van der Waals surface area contributed by atoms with Gasteiger partial charge in [0.05, 0.1) is 11.4 Å². The molecule has 0 aliphatic carbocycles. The Morgan fingerprint density at radius 3 is 2.54 bits per heavy atom. The molecule has 26 heavy (non-hydrogen) atoms. The van der Waals surface area contributed by atoms with Gasteiger partial charge in [0, 0.05) is 34.5 Å². The minimum atomic E-state index is 0.293. The van der Waals surface area contributed by atoms with Gasteiger partial charge in [0.25, 0.3) is 0 Å². The molecule has 0 radical (unpaired) electrons. The fourth-order valence-corrected chi connectivity index (χ4v) is 3.02. The molecule has 134 valence electrons. The minimum Gasteiger partial charge on any atom is -0.352 e. The first-order valence-corrected chi connectivity index (χ1v) is 9.43. The second kappa shape index (κ2) is 8.27. The van der Waals surface area contributed by atoms with Gasteiger partial charge in [0.15, 0.2) is 0 Å². The van der Waals surface area contributed by atoms with Crippen LogP contribution in [0, 0.1) is 6.92 Å². The fourth-order valence-electron chi connectivity index (χ4n) is 2.43. The van der Waals surface area contributed by atoms with Crippen LogP contribution in [0.5, 0.6) is 0 Å². The molecule has 0 spiro atoms. The van der Waals surface area contributed by atoms with Crippen molar-refractivity contribution >= 4 is 33.4 Å². The van der Waals surface area contributed by atoms with Crippen LogP contribution in [0.3, 0.4) is 0 Å². The third-order valence-electron chi connectivity index (χ3n) is 4.08. The van der Waals surface area contributed by atoms with Gasteiger partial charge in [-0.3, -0.25) is 4.98 Å². The van der Waals surface area contributed by atoms with Gasteiger partial charge in [-0.05, 0) is 66.0 Å². The first-order valence-electron chi connectivity index (χ1n) is 8.64. The number of hydrogen-bond donors (Lipinski definition) is 2. The van der Waals surface area contributed by atoms with E-state index in [1.54, 1.807) is 12.4 Å². The maximum absolute atomic E-state index is 4.67. The molecule has 2 heterocycles. The van der Waals surface area contributed by atoms with Crippen LogP contribution in [0.15, 0.2) is 53.3 Å².